The van der Waals surface area contributed by atoms with Crippen molar-refractivity contribution in [3.63, 3.8) is 0 Å². The highest BCUT2D eigenvalue weighted by molar-refractivity contribution is 5.78. The molecule has 2 heteroatoms. The van der Waals surface area contributed by atoms with Crippen molar-refractivity contribution in [2.24, 2.45) is 5.92 Å². The van der Waals surface area contributed by atoms with Crippen molar-refractivity contribution >= 4 is 17.5 Å². The maximum absolute atomic E-state index is 7.51. The average molecular weight is 256 g/mol. The molecule has 1 aromatic rings. The summed E-state index contributed by atoms with van der Waals surface area (Å²) in [5.74, 6) is 0.466. The summed E-state index contributed by atoms with van der Waals surface area (Å²) in [4.78, 5) is 0. The summed E-state index contributed by atoms with van der Waals surface area (Å²) in [6.45, 7) is 7.80. The summed E-state index contributed by atoms with van der Waals surface area (Å²) in [5.41, 5.74) is 4.30. The third-order valence-electron chi connectivity index (χ3n) is 3.35. The van der Waals surface area contributed by atoms with Crippen molar-refractivity contribution in [3.8, 4) is 0 Å². The maximum Gasteiger partial charge on any atom is 0.00583 e. The van der Waals surface area contributed by atoms with Crippen LogP contribution in [0.3, 0.4) is 0 Å². The van der Waals surface area contributed by atoms with Crippen LogP contribution in [-0.2, 0) is 6.42 Å². The van der Waals surface area contributed by atoms with Crippen molar-refractivity contribution < 1.29 is 0 Å². The van der Waals surface area contributed by atoms with Gasteiger partial charge in [0.05, 0.1) is 0 Å². The Morgan fingerprint density at radius 3 is 2.37 bits per heavy atom. The van der Waals surface area contributed by atoms with Crippen LogP contribution in [0.5, 0.6) is 0 Å². The summed E-state index contributed by atoms with van der Waals surface area (Å²) in [6, 6.07) is 8.53. The zero-order chi connectivity index (χ0) is 14.3. The smallest absolute Gasteiger partial charge is 0.00583 e. The molecule has 0 aliphatic rings. The van der Waals surface area contributed by atoms with Crippen LogP contribution in [0.25, 0.3) is 5.57 Å². The molecule has 0 aromatic heterocycles. The normalized spacial score (nSPS) is 11.9. The van der Waals surface area contributed by atoms with Crippen molar-refractivity contribution in [3.05, 3.63) is 42.0 Å². The van der Waals surface area contributed by atoms with Gasteiger partial charge in [0.15, 0.2) is 0 Å². The molecule has 2 nitrogen and oxygen atoms in total. The first-order valence-electron chi connectivity index (χ1n) is 6.80. The van der Waals surface area contributed by atoms with Gasteiger partial charge in [-0.2, -0.15) is 0 Å². The molecule has 0 spiro atoms. The molecule has 0 bridgehead atoms. The Kier molecular flexibility index (Phi) is 6.20. The molecular weight excluding hydrogens is 232 g/mol. The average Bonchev–Trinajstić information content (AvgIpc) is 2.37. The van der Waals surface area contributed by atoms with Gasteiger partial charge in [0.2, 0.25) is 0 Å². The van der Waals surface area contributed by atoms with Crippen LogP contribution in [0.2, 0.25) is 0 Å². The summed E-state index contributed by atoms with van der Waals surface area (Å²) in [6.07, 6.45) is 5.11. The molecule has 0 saturated carbocycles. The highest BCUT2D eigenvalue weighted by Gasteiger charge is 2.09. The van der Waals surface area contributed by atoms with Crippen LogP contribution in [0, 0.1) is 16.7 Å². The lowest BCUT2D eigenvalue weighted by Crippen LogP contribution is -2.07. The molecule has 0 fully saturated rings. The fourth-order valence-electron chi connectivity index (χ4n) is 2.15. The number of rotatable bonds is 8. The van der Waals surface area contributed by atoms with Crippen LogP contribution in [-0.4, -0.2) is 11.9 Å². The fraction of sp³-hybridized carbons (Fsp3) is 0.412. The van der Waals surface area contributed by atoms with E-state index in [1.54, 1.807) is 0 Å². The minimum Gasteiger partial charge on any atom is -0.313 e. The van der Waals surface area contributed by atoms with E-state index in [0.717, 1.165) is 37.0 Å². The molecule has 1 atom stereocenters. The molecule has 0 aliphatic carbocycles. The van der Waals surface area contributed by atoms with E-state index >= 15 is 0 Å². The Bertz CT molecular complexity index is 443. The predicted molar refractivity (Wildman–Crippen MR) is 84.4 cm³/mol. The van der Waals surface area contributed by atoms with Crippen molar-refractivity contribution in [2.45, 2.75) is 39.5 Å². The van der Waals surface area contributed by atoms with Crippen LogP contribution in [0.15, 0.2) is 30.8 Å². The lowest BCUT2D eigenvalue weighted by atomic mass is 9.91. The number of allylic oxidation sites excluding steroid dienone is 1. The monoisotopic (exact) mass is 256 g/mol. The van der Waals surface area contributed by atoms with E-state index in [9.17, 15) is 0 Å². The second-order valence-corrected chi connectivity index (χ2v) is 5.31. The van der Waals surface area contributed by atoms with E-state index < -0.39 is 0 Å². The molecular formula is C17H24N2. The van der Waals surface area contributed by atoms with Gasteiger partial charge in [-0.25, -0.2) is 0 Å². The second kappa shape index (κ2) is 7.67. The van der Waals surface area contributed by atoms with Gasteiger partial charge in [0, 0.05) is 5.71 Å². The third-order valence-corrected chi connectivity index (χ3v) is 3.35. The first-order valence-corrected chi connectivity index (χ1v) is 6.80. The first-order chi connectivity index (χ1) is 9.02. The van der Waals surface area contributed by atoms with Crippen LogP contribution < -0.4 is 0 Å². The Balaban J connectivity index is 2.64. The number of hydrogen-bond donors (Lipinski definition) is 2. The quantitative estimate of drug-likeness (QED) is 0.631. The topological polar surface area (TPSA) is 47.7 Å². The number of hydrogen-bond acceptors (Lipinski definition) is 2. The molecule has 1 unspecified atom stereocenters. The summed E-state index contributed by atoms with van der Waals surface area (Å²) in [5, 5.41) is 14.8. The van der Waals surface area contributed by atoms with Crippen molar-refractivity contribution in [2.75, 3.05) is 0 Å². The van der Waals surface area contributed by atoms with E-state index in [0.29, 0.717) is 5.92 Å². The zero-order valence-electron chi connectivity index (χ0n) is 12.0. The summed E-state index contributed by atoms with van der Waals surface area (Å²) < 4.78 is 0. The molecule has 0 heterocycles. The van der Waals surface area contributed by atoms with Gasteiger partial charge in [-0.3, -0.25) is 0 Å². The van der Waals surface area contributed by atoms with E-state index in [1.807, 2.05) is 13.8 Å². The van der Waals surface area contributed by atoms with Gasteiger partial charge in [-0.1, -0.05) is 36.4 Å². The third kappa shape index (κ3) is 5.64. The largest absolute Gasteiger partial charge is 0.313 e. The Hall–Kier alpha value is -1.70. The minimum atomic E-state index is 0.466. The predicted octanol–water partition coefficient (Wildman–Crippen LogP) is 4.74. The van der Waals surface area contributed by atoms with E-state index in [2.05, 4.69) is 30.8 Å². The van der Waals surface area contributed by atoms with Gasteiger partial charge < -0.3 is 10.8 Å². The van der Waals surface area contributed by atoms with Gasteiger partial charge in [0.25, 0.3) is 0 Å². The summed E-state index contributed by atoms with van der Waals surface area (Å²) >= 11 is 0. The Morgan fingerprint density at radius 1 is 1.26 bits per heavy atom. The van der Waals surface area contributed by atoms with Gasteiger partial charge in [-0.15, -0.1) is 0 Å². The lowest BCUT2D eigenvalue weighted by Gasteiger charge is -2.14. The zero-order valence-corrected chi connectivity index (χ0v) is 12.0. The number of nitrogens with one attached hydrogen (secondary N) is 2. The van der Waals surface area contributed by atoms with Crippen molar-refractivity contribution in [1.82, 2.24) is 0 Å². The van der Waals surface area contributed by atoms with Crippen LogP contribution >= 0.6 is 0 Å². The fourth-order valence-corrected chi connectivity index (χ4v) is 2.15. The molecule has 102 valence electrons. The molecule has 1 aromatic carbocycles. The molecule has 19 heavy (non-hydrogen) atoms. The standard InChI is InChI=1S/C17H24N2/c1-13(2)17-8-6-15(7-9-17)12-16(10-11-18)5-4-14(3)19/h6-9,11,16,18-19H,1,4-5,10,12H2,2-3H3. The van der Waals surface area contributed by atoms with E-state index in [4.69, 9.17) is 10.8 Å². The van der Waals surface area contributed by atoms with Gasteiger partial charge >= 0.3 is 0 Å². The number of benzene rings is 1. The molecule has 2 N–H and O–H groups in total. The van der Waals surface area contributed by atoms with Crippen LogP contribution in [0.4, 0.5) is 0 Å². The van der Waals surface area contributed by atoms with E-state index in [1.165, 1.54) is 17.3 Å². The Labute approximate surface area is 116 Å². The first kappa shape index (κ1) is 15.4. The molecule has 1 rings (SSSR count). The molecule has 0 amide bonds. The molecule has 0 aliphatic heterocycles. The maximum atomic E-state index is 7.51. The second-order valence-electron chi connectivity index (χ2n) is 5.31. The Morgan fingerprint density at radius 2 is 1.89 bits per heavy atom. The minimum absolute atomic E-state index is 0.466. The highest BCUT2D eigenvalue weighted by atomic mass is 14.4. The van der Waals surface area contributed by atoms with E-state index in [-0.39, 0.29) is 0 Å². The molecule has 0 radical (unpaired) electrons. The van der Waals surface area contributed by atoms with Gasteiger partial charge in [0.1, 0.15) is 0 Å². The molecule has 0 saturated heterocycles. The lowest BCUT2D eigenvalue weighted by molar-refractivity contribution is 0.514. The summed E-state index contributed by atoms with van der Waals surface area (Å²) in [7, 11) is 0. The van der Waals surface area contributed by atoms with Crippen LogP contribution in [0.1, 0.15) is 44.2 Å². The SMILES string of the molecule is C=C(C)c1ccc(CC(CC=N)CCC(C)=N)cc1. The van der Waals surface area contributed by atoms with Gasteiger partial charge in [-0.05, 0) is 62.8 Å². The van der Waals surface area contributed by atoms with Crippen molar-refractivity contribution in [1.29, 1.82) is 10.8 Å². The highest BCUT2D eigenvalue weighted by Crippen LogP contribution is 2.19.